The molecule has 0 atom stereocenters. The average molecular weight is 378 g/mol. The smallest absolute Gasteiger partial charge is 0.497 e. The number of hydrogen-bond donors (Lipinski definition) is 1. The van der Waals surface area contributed by atoms with Crippen LogP contribution < -0.4 is 14.8 Å². The van der Waals surface area contributed by atoms with Crippen molar-refractivity contribution in [2.24, 2.45) is 0 Å². The minimum absolute atomic E-state index is 0.0245. The van der Waals surface area contributed by atoms with E-state index < -0.39 is 12.3 Å². The maximum atomic E-state index is 12.2. The number of alkyl halides is 3. The molecule has 1 aromatic heterocycles. The summed E-state index contributed by atoms with van der Waals surface area (Å²) in [6, 6.07) is 13.2. The van der Waals surface area contributed by atoms with Crippen LogP contribution in [0.3, 0.4) is 0 Å². The maximum Gasteiger partial charge on any atom is 0.573 e. The van der Waals surface area contributed by atoms with Crippen molar-refractivity contribution in [1.29, 1.82) is 0 Å². The third kappa shape index (κ3) is 4.78. The van der Waals surface area contributed by atoms with Crippen LogP contribution in [0.5, 0.6) is 11.5 Å². The molecule has 0 unspecified atom stereocenters. The minimum atomic E-state index is -4.77. The van der Waals surface area contributed by atoms with E-state index in [4.69, 9.17) is 9.26 Å². The van der Waals surface area contributed by atoms with Crippen molar-refractivity contribution in [2.45, 2.75) is 6.36 Å². The van der Waals surface area contributed by atoms with Crippen LogP contribution in [0.15, 0.2) is 59.1 Å². The van der Waals surface area contributed by atoms with Crippen molar-refractivity contribution in [3.8, 4) is 22.8 Å². The molecular formula is C18H13F3N2O4. The first kappa shape index (κ1) is 18.3. The summed E-state index contributed by atoms with van der Waals surface area (Å²) in [7, 11) is 1.55. The van der Waals surface area contributed by atoms with Gasteiger partial charge in [-0.25, -0.2) is 0 Å². The van der Waals surface area contributed by atoms with Gasteiger partial charge in [0.05, 0.1) is 7.11 Å². The summed E-state index contributed by atoms with van der Waals surface area (Å²) in [6.07, 6.45) is -4.77. The lowest BCUT2D eigenvalue weighted by atomic mass is 10.1. The summed E-state index contributed by atoms with van der Waals surface area (Å²) >= 11 is 0. The molecule has 9 heteroatoms. The predicted octanol–water partition coefficient (Wildman–Crippen LogP) is 4.50. The minimum Gasteiger partial charge on any atom is -0.497 e. The summed E-state index contributed by atoms with van der Waals surface area (Å²) in [4.78, 5) is 12.2. The van der Waals surface area contributed by atoms with E-state index in [2.05, 4.69) is 15.2 Å². The predicted molar refractivity (Wildman–Crippen MR) is 89.6 cm³/mol. The molecule has 6 nitrogen and oxygen atoms in total. The van der Waals surface area contributed by atoms with E-state index in [1.54, 1.807) is 31.4 Å². The molecule has 0 saturated carbocycles. The molecule has 3 rings (SSSR count). The monoisotopic (exact) mass is 378 g/mol. The second-order valence-corrected chi connectivity index (χ2v) is 5.33. The van der Waals surface area contributed by atoms with Crippen molar-refractivity contribution in [1.82, 2.24) is 5.16 Å². The molecule has 0 aliphatic heterocycles. The van der Waals surface area contributed by atoms with Gasteiger partial charge < -0.3 is 19.3 Å². The summed E-state index contributed by atoms with van der Waals surface area (Å²) in [5.41, 5.74) is 1.01. The van der Waals surface area contributed by atoms with E-state index in [0.29, 0.717) is 17.1 Å². The van der Waals surface area contributed by atoms with Crippen LogP contribution in [0, 0.1) is 0 Å². The lowest BCUT2D eigenvalue weighted by Crippen LogP contribution is -2.17. The number of carbonyl (C=O) groups excluding carboxylic acids is 1. The standard InChI is InChI=1S/C18H13F3N2O4/c1-25-13-6-2-11(3-7-13)16-10-15(23-27-16)17(24)22-12-4-8-14(9-5-12)26-18(19,20)21/h2-10H,1H3,(H,22,24). The van der Waals surface area contributed by atoms with Crippen molar-refractivity contribution < 1.29 is 32.0 Å². The molecule has 140 valence electrons. The first-order valence-corrected chi connectivity index (χ1v) is 7.62. The molecule has 3 aromatic rings. The molecule has 1 N–H and O–H groups in total. The Morgan fingerprint density at radius 2 is 1.67 bits per heavy atom. The van der Waals surface area contributed by atoms with Gasteiger partial charge in [-0.2, -0.15) is 0 Å². The number of nitrogens with zero attached hydrogens (tertiary/aromatic N) is 1. The Morgan fingerprint density at radius 3 is 2.26 bits per heavy atom. The van der Waals surface area contributed by atoms with E-state index in [1.807, 2.05) is 0 Å². The number of ether oxygens (including phenoxy) is 2. The average Bonchev–Trinajstić information content (AvgIpc) is 3.12. The van der Waals surface area contributed by atoms with Crippen molar-refractivity contribution in [3.05, 3.63) is 60.3 Å². The van der Waals surface area contributed by atoms with Gasteiger partial charge in [0.1, 0.15) is 11.5 Å². The van der Waals surface area contributed by atoms with Gasteiger partial charge in [0.15, 0.2) is 11.5 Å². The number of carbonyl (C=O) groups is 1. The highest BCUT2D eigenvalue weighted by molar-refractivity contribution is 6.03. The van der Waals surface area contributed by atoms with E-state index in [-0.39, 0.29) is 17.1 Å². The Hall–Kier alpha value is -3.49. The normalized spacial score (nSPS) is 11.1. The van der Waals surface area contributed by atoms with E-state index in [9.17, 15) is 18.0 Å². The van der Waals surface area contributed by atoms with Crippen LogP contribution in [0.2, 0.25) is 0 Å². The highest BCUT2D eigenvalue weighted by Crippen LogP contribution is 2.25. The third-order valence-electron chi connectivity index (χ3n) is 3.46. The number of nitrogens with one attached hydrogen (secondary N) is 1. The molecule has 0 bridgehead atoms. The molecule has 0 saturated heterocycles. The Labute approximate surface area is 151 Å². The zero-order valence-corrected chi connectivity index (χ0v) is 13.9. The molecule has 0 spiro atoms. The maximum absolute atomic E-state index is 12.2. The molecule has 27 heavy (non-hydrogen) atoms. The van der Waals surface area contributed by atoms with Gasteiger partial charge >= 0.3 is 6.36 Å². The molecule has 0 aliphatic rings. The quantitative estimate of drug-likeness (QED) is 0.708. The second kappa shape index (κ2) is 7.40. The van der Waals surface area contributed by atoms with Gasteiger partial charge in [0.2, 0.25) is 0 Å². The lowest BCUT2D eigenvalue weighted by Gasteiger charge is -2.09. The third-order valence-corrected chi connectivity index (χ3v) is 3.46. The number of hydrogen-bond acceptors (Lipinski definition) is 5. The fourth-order valence-electron chi connectivity index (χ4n) is 2.21. The molecule has 0 aliphatic carbocycles. The SMILES string of the molecule is COc1ccc(-c2cc(C(=O)Nc3ccc(OC(F)(F)F)cc3)no2)cc1. The molecule has 1 amide bonds. The van der Waals surface area contributed by atoms with Gasteiger partial charge in [0.25, 0.3) is 5.91 Å². The van der Waals surface area contributed by atoms with E-state index in [1.165, 1.54) is 18.2 Å². The Kier molecular flexibility index (Phi) is 5.02. The summed E-state index contributed by atoms with van der Waals surface area (Å²) in [5.74, 6) is 0.109. The fraction of sp³-hybridized carbons (Fsp3) is 0.111. The largest absolute Gasteiger partial charge is 0.573 e. The molecule has 0 radical (unpaired) electrons. The highest BCUT2D eigenvalue weighted by Gasteiger charge is 2.31. The van der Waals surface area contributed by atoms with Crippen LogP contribution in [0.4, 0.5) is 18.9 Å². The second-order valence-electron chi connectivity index (χ2n) is 5.33. The van der Waals surface area contributed by atoms with Gasteiger partial charge in [-0.05, 0) is 48.5 Å². The number of anilines is 1. The van der Waals surface area contributed by atoms with Gasteiger partial charge in [-0.15, -0.1) is 13.2 Å². The highest BCUT2D eigenvalue weighted by atomic mass is 19.4. The molecule has 1 heterocycles. The summed E-state index contributed by atoms with van der Waals surface area (Å²) < 4.78 is 50.4. The first-order valence-electron chi connectivity index (χ1n) is 7.62. The number of benzene rings is 2. The number of amides is 1. The number of methoxy groups -OCH3 is 1. The van der Waals surface area contributed by atoms with E-state index >= 15 is 0 Å². The van der Waals surface area contributed by atoms with Gasteiger partial charge in [-0.1, -0.05) is 5.16 Å². The molecular weight excluding hydrogens is 365 g/mol. The Bertz CT molecular complexity index is 919. The number of halogens is 3. The van der Waals surface area contributed by atoms with Crippen LogP contribution >= 0.6 is 0 Å². The zero-order chi connectivity index (χ0) is 19.4. The van der Waals surface area contributed by atoms with Crippen molar-refractivity contribution >= 4 is 11.6 Å². The summed E-state index contributed by atoms with van der Waals surface area (Å²) in [5, 5.41) is 6.22. The topological polar surface area (TPSA) is 73.6 Å². The molecule has 0 fully saturated rings. The zero-order valence-electron chi connectivity index (χ0n) is 13.9. The van der Waals surface area contributed by atoms with Gasteiger partial charge in [-0.3, -0.25) is 4.79 Å². The first-order chi connectivity index (χ1) is 12.8. The molecule has 2 aromatic carbocycles. The van der Waals surface area contributed by atoms with Crippen LogP contribution in [0.25, 0.3) is 11.3 Å². The van der Waals surface area contributed by atoms with Crippen LogP contribution in [-0.2, 0) is 0 Å². The number of rotatable bonds is 5. The summed E-state index contributed by atoms with van der Waals surface area (Å²) in [6.45, 7) is 0. The van der Waals surface area contributed by atoms with Crippen LogP contribution in [-0.4, -0.2) is 24.5 Å². The number of aromatic nitrogens is 1. The fourth-order valence-corrected chi connectivity index (χ4v) is 2.21. The Morgan fingerprint density at radius 1 is 1.04 bits per heavy atom. The van der Waals surface area contributed by atoms with E-state index in [0.717, 1.165) is 12.1 Å². The lowest BCUT2D eigenvalue weighted by molar-refractivity contribution is -0.274. The van der Waals surface area contributed by atoms with Crippen molar-refractivity contribution in [3.63, 3.8) is 0 Å². The van der Waals surface area contributed by atoms with Gasteiger partial charge in [0, 0.05) is 17.3 Å². The van der Waals surface area contributed by atoms with Crippen molar-refractivity contribution in [2.75, 3.05) is 12.4 Å². The van der Waals surface area contributed by atoms with Crippen LogP contribution in [0.1, 0.15) is 10.5 Å². The Balaban J connectivity index is 1.67.